The molecule has 0 N–H and O–H groups in total. The van der Waals surface area contributed by atoms with Gasteiger partial charge in [-0.25, -0.2) is 4.98 Å². The number of para-hydroxylation sites is 1. The van der Waals surface area contributed by atoms with E-state index in [1.807, 2.05) is 38.5 Å². The van der Waals surface area contributed by atoms with Gasteiger partial charge in [0.05, 0.1) is 29.2 Å². The van der Waals surface area contributed by atoms with E-state index in [9.17, 15) is 5.26 Å². The highest BCUT2D eigenvalue weighted by atomic mass is 15.1. The first kappa shape index (κ1) is 10.1. The lowest BCUT2D eigenvalue weighted by Crippen LogP contribution is -2.19. The van der Waals surface area contributed by atoms with Crippen molar-refractivity contribution in [2.24, 2.45) is 5.41 Å². The number of nitrogens with zero attached hydrogens (tertiary/aromatic N) is 3. The van der Waals surface area contributed by atoms with Crippen LogP contribution < -0.4 is 0 Å². The second kappa shape index (κ2) is 3.21. The van der Waals surface area contributed by atoms with Crippen molar-refractivity contribution in [3.63, 3.8) is 0 Å². The van der Waals surface area contributed by atoms with Gasteiger partial charge in [-0.2, -0.15) is 5.26 Å². The monoisotopic (exact) mass is 223 g/mol. The van der Waals surface area contributed by atoms with Gasteiger partial charge in [-0.15, -0.1) is 0 Å². The van der Waals surface area contributed by atoms with Gasteiger partial charge in [0.2, 0.25) is 0 Å². The van der Waals surface area contributed by atoms with Crippen LogP contribution in [-0.2, 0) is 0 Å². The lowest BCUT2D eigenvalue weighted by molar-refractivity contribution is 0.432. The highest BCUT2D eigenvalue weighted by Crippen LogP contribution is 2.47. The van der Waals surface area contributed by atoms with Crippen LogP contribution in [0.4, 0.5) is 0 Å². The van der Waals surface area contributed by atoms with Gasteiger partial charge in [-0.1, -0.05) is 18.2 Å². The summed E-state index contributed by atoms with van der Waals surface area (Å²) >= 11 is 0. The fourth-order valence-electron chi connectivity index (χ4n) is 2.65. The number of nitriles is 1. The normalized spacial score (nSPS) is 17.4. The van der Waals surface area contributed by atoms with Crippen LogP contribution in [0.2, 0.25) is 0 Å². The molecule has 17 heavy (non-hydrogen) atoms. The van der Waals surface area contributed by atoms with Gasteiger partial charge >= 0.3 is 0 Å². The summed E-state index contributed by atoms with van der Waals surface area (Å²) < 4.78 is 2.08. The minimum atomic E-state index is -0.426. The summed E-state index contributed by atoms with van der Waals surface area (Å²) in [7, 11) is 0. The standard InChI is InChI=1S/C14H13N3/c1-14(2,8-15)13-10-5-3-4-6-11(10)17-9-16-7-12(13)17/h3-7,9,13H,1-2H3. The van der Waals surface area contributed by atoms with E-state index in [1.165, 1.54) is 5.56 Å². The number of hydrogen-bond acceptors (Lipinski definition) is 2. The SMILES string of the molecule is CC(C)(C#N)C1c2ccccc2-n2cncc21. The zero-order valence-electron chi connectivity index (χ0n) is 9.88. The molecule has 0 aliphatic carbocycles. The summed E-state index contributed by atoms with van der Waals surface area (Å²) in [5.41, 5.74) is 3.05. The fourth-order valence-corrected chi connectivity index (χ4v) is 2.65. The number of imidazole rings is 1. The highest BCUT2D eigenvalue weighted by molar-refractivity contribution is 5.54. The van der Waals surface area contributed by atoms with Crippen molar-refractivity contribution < 1.29 is 0 Å². The first-order chi connectivity index (χ1) is 8.15. The van der Waals surface area contributed by atoms with Gasteiger partial charge in [0, 0.05) is 12.1 Å². The van der Waals surface area contributed by atoms with E-state index in [0.717, 1.165) is 11.4 Å². The Kier molecular flexibility index (Phi) is 1.90. The number of benzene rings is 1. The van der Waals surface area contributed by atoms with Crippen LogP contribution in [-0.4, -0.2) is 9.55 Å². The van der Waals surface area contributed by atoms with Crippen molar-refractivity contribution in [3.05, 3.63) is 48.0 Å². The van der Waals surface area contributed by atoms with Crippen molar-refractivity contribution in [3.8, 4) is 11.8 Å². The Morgan fingerprint density at radius 1 is 1.35 bits per heavy atom. The van der Waals surface area contributed by atoms with Crippen LogP contribution in [0.1, 0.15) is 31.0 Å². The Bertz CT molecular complexity index is 616. The maximum Gasteiger partial charge on any atom is 0.0994 e. The molecule has 2 heterocycles. The number of hydrogen-bond donors (Lipinski definition) is 0. The Morgan fingerprint density at radius 3 is 2.88 bits per heavy atom. The molecule has 3 rings (SSSR count). The lowest BCUT2D eigenvalue weighted by atomic mass is 9.75. The minimum absolute atomic E-state index is 0.103. The lowest BCUT2D eigenvalue weighted by Gasteiger charge is -2.24. The molecule has 84 valence electrons. The van der Waals surface area contributed by atoms with Crippen LogP contribution in [0.25, 0.3) is 5.69 Å². The zero-order chi connectivity index (χ0) is 12.0. The Balaban J connectivity index is 2.29. The van der Waals surface area contributed by atoms with E-state index in [0.29, 0.717) is 0 Å². The second-order valence-corrected chi connectivity index (χ2v) is 5.01. The van der Waals surface area contributed by atoms with E-state index in [4.69, 9.17) is 0 Å². The quantitative estimate of drug-likeness (QED) is 0.746. The molecule has 1 aromatic carbocycles. The number of rotatable bonds is 1. The van der Waals surface area contributed by atoms with E-state index in [-0.39, 0.29) is 5.92 Å². The number of aromatic nitrogens is 2. The first-order valence-corrected chi connectivity index (χ1v) is 5.68. The predicted octanol–water partition coefficient (Wildman–Crippen LogP) is 2.87. The van der Waals surface area contributed by atoms with Crippen LogP contribution in [0.15, 0.2) is 36.8 Å². The molecule has 1 aromatic heterocycles. The molecule has 3 heteroatoms. The molecular formula is C14H13N3. The predicted molar refractivity (Wildman–Crippen MR) is 64.8 cm³/mol. The number of fused-ring (bicyclic) bond motifs is 3. The molecule has 3 nitrogen and oxygen atoms in total. The van der Waals surface area contributed by atoms with Gasteiger partial charge < -0.3 is 4.57 Å². The molecule has 1 atom stereocenters. The van der Waals surface area contributed by atoms with Gasteiger partial charge in [-0.3, -0.25) is 0 Å². The zero-order valence-corrected chi connectivity index (χ0v) is 9.88. The molecule has 0 saturated carbocycles. The van der Waals surface area contributed by atoms with Crippen LogP contribution in [0.3, 0.4) is 0 Å². The summed E-state index contributed by atoms with van der Waals surface area (Å²) in [5.74, 6) is 0.103. The van der Waals surface area contributed by atoms with Crippen LogP contribution in [0.5, 0.6) is 0 Å². The molecule has 1 aliphatic rings. The smallest absolute Gasteiger partial charge is 0.0994 e. The Hall–Kier alpha value is -2.08. The topological polar surface area (TPSA) is 41.6 Å². The van der Waals surface area contributed by atoms with Crippen molar-refractivity contribution in [2.75, 3.05) is 0 Å². The van der Waals surface area contributed by atoms with Crippen molar-refractivity contribution in [1.82, 2.24) is 9.55 Å². The molecule has 0 amide bonds. The molecule has 0 fully saturated rings. The van der Waals surface area contributed by atoms with Gasteiger partial charge in [-0.05, 0) is 25.5 Å². The minimum Gasteiger partial charge on any atom is -0.302 e. The van der Waals surface area contributed by atoms with Gasteiger partial charge in [0.25, 0.3) is 0 Å². The van der Waals surface area contributed by atoms with Crippen LogP contribution >= 0.6 is 0 Å². The maximum absolute atomic E-state index is 9.36. The molecular weight excluding hydrogens is 210 g/mol. The average molecular weight is 223 g/mol. The first-order valence-electron chi connectivity index (χ1n) is 5.68. The third-order valence-corrected chi connectivity index (χ3v) is 3.48. The molecule has 1 aliphatic heterocycles. The molecule has 2 aromatic rings. The van der Waals surface area contributed by atoms with Crippen molar-refractivity contribution in [1.29, 1.82) is 5.26 Å². The fraction of sp³-hybridized carbons (Fsp3) is 0.286. The Labute approximate surface area is 100 Å². The molecule has 0 spiro atoms. The van der Waals surface area contributed by atoms with Crippen LogP contribution in [0, 0.1) is 16.7 Å². The Morgan fingerprint density at radius 2 is 2.12 bits per heavy atom. The third kappa shape index (κ3) is 1.24. The largest absolute Gasteiger partial charge is 0.302 e. The average Bonchev–Trinajstić information content (AvgIpc) is 2.88. The summed E-state index contributed by atoms with van der Waals surface area (Å²) in [4.78, 5) is 4.19. The van der Waals surface area contributed by atoms with E-state index < -0.39 is 5.41 Å². The second-order valence-electron chi connectivity index (χ2n) is 5.01. The van der Waals surface area contributed by atoms with Gasteiger partial charge in [0.1, 0.15) is 0 Å². The third-order valence-electron chi connectivity index (χ3n) is 3.48. The van der Waals surface area contributed by atoms with E-state index in [1.54, 1.807) is 0 Å². The maximum atomic E-state index is 9.36. The van der Waals surface area contributed by atoms with Crippen molar-refractivity contribution >= 4 is 0 Å². The van der Waals surface area contributed by atoms with Gasteiger partial charge in [0.15, 0.2) is 0 Å². The molecule has 0 saturated heterocycles. The van der Waals surface area contributed by atoms with E-state index in [2.05, 4.69) is 27.8 Å². The molecule has 0 radical (unpaired) electrons. The summed E-state index contributed by atoms with van der Waals surface area (Å²) in [5, 5.41) is 9.36. The van der Waals surface area contributed by atoms with Crippen molar-refractivity contribution in [2.45, 2.75) is 19.8 Å². The summed E-state index contributed by atoms with van der Waals surface area (Å²) in [6.07, 6.45) is 3.69. The highest BCUT2D eigenvalue weighted by Gasteiger charge is 2.40. The summed E-state index contributed by atoms with van der Waals surface area (Å²) in [6.45, 7) is 3.97. The molecule has 1 unspecified atom stereocenters. The molecule has 0 bridgehead atoms. The van der Waals surface area contributed by atoms with E-state index >= 15 is 0 Å². The summed E-state index contributed by atoms with van der Waals surface area (Å²) in [6, 6.07) is 10.6.